The van der Waals surface area contributed by atoms with E-state index in [1.165, 1.54) is 7.11 Å². The third kappa shape index (κ3) is 5.10. The standard InChI is InChI=1S/C19H26O4/c1-13-3-7-15(8-4-13)18(22)12-16(20)9-5-14-6-10-17(21)19(11-14)23-2/h3,6-7,10-11,13,15,18,21-22H,4-5,8-9,12H2,1-2H3/t13-,15+,18+/m1/s1. The molecule has 1 aliphatic rings. The molecule has 0 aliphatic heterocycles. The molecule has 0 saturated heterocycles. The van der Waals surface area contributed by atoms with Crippen LogP contribution in [0.5, 0.6) is 11.5 Å². The number of aromatic hydroxyl groups is 1. The quantitative estimate of drug-likeness (QED) is 0.757. The zero-order valence-corrected chi connectivity index (χ0v) is 13.9. The van der Waals surface area contributed by atoms with E-state index in [1.807, 2.05) is 0 Å². The second kappa shape index (κ2) is 8.16. The Kier molecular flexibility index (Phi) is 6.22. The van der Waals surface area contributed by atoms with Gasteiger partial charge in [0.25, 0.3) is 0 Å². The van der Waals surface area contributed by atoms with Crippen LogP contribution in [0, 0.1) is 11.8 Å². The Labute approximate surface area is 137 Å². The highest BCUT2D eigenvalue weighted by Crippen LogP contribution is 2.28. The number of hydrogen-bond donors (Lipinski definition) is 2. The number of hydrogen-bond acceptors (Lipinski definition) is 4. The van der Waals surface area contributed by atoms with Crippen LogP contribution in [0.1, 0.15) is 38.2 Å². The summed E-state index contributed by atoms with van der Waals surface area (Å²) in [6.07, 6.45) is 6.79. The molecule has 4 heteroatoms. The van der Waals surface area contributed by atoms with E-state index >= 15 is 0 Å². The summed E-state index contributed by atoms with van der Waals surface area (Å²) in [6.45, 7) is 2.16. The Morgan fingerprint density at radius 1 is 1.35 bits per heavy atom. The number of phenols is 1. The first-order valence-corrected chi connectivity index (χ1v) is 8.23. The fourth-order valence-electron chi connectivity index (χ4n) is 2.95. The molecule has 0 bridgehead atoms. The number of carbonyl (C=O) groups excluding carboxylic acids is 1. The minimum atomic E-state index is -0.583. The summed E-state index contributed by atoms with van der Waals surface area (Å²) in [5.41, 5.74) is 0.939. The Morgan fingerprint density at radius 2 is 2.13 bits per heavy atom. The van der Waals surface area contributed by atoms with Gasteiger partial charge in [0, 0.05) is 18.8 Å². The van der Waals surface area contributed by atoms with E-state index in [0.29, 0.717) is 24.5 Å². The zero-order valence-electron chi connectivity index (χ0n) is 13.9. The van der Waals surface area contributed by atoms with E-state index in [9.17, 15) is 15.0 Å². The van der Waals surface area contributed by atoms with Crippen molar-refractivity contribution in [3.05, 3.63) is 35.9 Å². The molecule has 0 spiro atoms. The highest BCUT2D eigenvalue weighted by atomic mass is 16.5. The van der Waals surface area contributed by atoms with Crippen molar-refractivity contribution in [3.63, 3.8) is 0 Å². The fraction of sp³-hybridized carbons (Fsp3) is 0.526. The number of ether oxygens (including phenoxy) is 1. The summed E-state index contributed by atoms with van der Waals surface area (Å²) in [4.78, 5) is 12.1. The van der Waals surface area contributed by atoms with Gasteiger partial charge in [-0.3, -0.25) is 4.79 Å². The highest BCUT2D eigenvalue weighted by molar-refractivity contribution is 5.79. The summed E-state index contributed by atoms with van der Waals surface area (Å²) in [7, 11) is 1.50. The van der Waals surface area contributed by atoms with E-state index < -0.39 is 6.10 Å². The third-order valence-electron chi connectivity index (χ3n) is 4.51. The molecule has 4 nitrogen and oxygen atoms in total. The van der Waals surface area contributed by atoms with E-state index in [4.69, 9.17) is 4.74 Å². The topological polar surface area (TPSA) is 66.8 Å². The summed E-state index contributed by atoms with van der Waals surface area (Å²) in [6, 6.07) is 5.10. The van der Waals surface area contributed by atoms with Crippen molar-refractivity contribution < 1.29 is 19.7 Å². The predicted octanol–water partition coefficient (Wildman–Crippen LogP) is 3.26. The van der Waals surface area contributed by atoms with Crippen LogP contribution in [0.3, 0.4) is 0 Å². The molecular weight excluding hydrogens is 292 g/mol. The molecule has 3 atom stereocenters. The molecule has 0 heterocycles. The average molecular weight is 318 g/mol. The zero-order chi connectivity index (χ0) is 16.8. The predicted molar refractivity (Wildman–Crippen MR) is 89.6 cm³/mol. The summed E-state index contributed by atoms with van der Waals surface area (Å²) in [5, 5.41) is 19.8. The molecule has 0 saturated carbocycles. The number of ketones is 1. The molecule has 23 heavy (non-hydrogen) atoms. The molecule has 0 radical (unpaired) electrons. The number of Topliss-reactive ketones (excluding diaryl/α,β-unsaturated/α-hetero) is 1. The maximum Gasteiger partial charge on any atom is 0.160 e. The van der Waals surface area contributed by atoms with E-state index in [0.717, 1.165) is 18.4 Å². The van der Waals surface area contributed by atoms with Crippen molar-refractivity contribution in [2.24, 2.45) is 11.8 Å². The molecule has 1 aromatic carbocycles. The number of aryl methyl sites for hydroxylation is 1. The van der Waals surface area contributed by atoms with Gasteiger partial charge in [0.15, 0.2) is 11.5 Å². The Bertz CT molecular complexity index is 564. The molecule has 2 N–H and O–H groups in total. The van der Waals surface area contributed by atoms with Crippen molar-refractivity contribution in [2.45, 2.75) is 45.1 Å². The van der Waals surface area contributed by atoms with Crippen LogP contribution in [0.25, 0.3) is 0 Å². The lowest BCUT2D eigenvalue weighted by Crippen LogP contribution is -2.24. The van der Waals surface area contributed by atoms with Crippen molar-refractivity contribution in [2.75, 3.05) is 7.11 Å². The number of allylic oxidation sites excluding steroid dienone is 1. The normalized spacial score (nSPS) is 21.9. The average Bonchev–Trinajstić information content (AvgIpc) is 2.54. The van der Waals surface area contributed by atoms with Crippen LogP contribution in [0.4, 0.5) is 0 Å². The highest BCUT2D eigenvalue weighted by Gasteiger charge is 2.22. The molecule has 1 aliphatic carbocycles. The lowest BCUT2D eigenvalue weighted by molar-refractivity contribution is -0.121. The number of methoxy groups -OCH3 is 1. The first-order valence-electron chi connectivity index (χ1n) is 8.23. The Hall–Kier alpha value is -1.81. The van der Waals surface area contributed by atoms with Crippen LogP contribution in [-0.4, -0.2) is 29.2 Å². The second-order valence-corrected chi connectivity index (χ2v) is 6.42. The SMILES string of the molecule is COc1cc(CCC(=O)C[C@H](O)[C@H]2C=C[C@@H](C)CC2)ccc1O. The van der Waals surface area contributed by atoms with Crippen molar-refractivity contribution in [3.8, 4) is 11.5 Å². The van der Waals surface area contributed by atoms with Crippen LogP contribution in [-0.2, 0) is 11.2 Å². The van der Waals surface area contributed by atoms with Gasteiger partial charge in [0.2, 0.25) is 0 Å². The molecule has 1 aromatic rings. The van der Waals surface area contributed by atoms with Gasteiger partial charge in [-0.05, 0) is 42.9 Å². The summed E-state index contributed by atoms with van der Waals surface area (Å²) in [5.74, 6) is 1.24. The molecule has 0 fully saturated rings. The van der Waals surface area contributed by atoms with Gasteiger partial charge < -0.3 is 14.9 Å². The van der Waals surface area contributed by atoms with Gasteiger partial charge >= 0.3 is 0 Å². The van der Waals surface area contributed by atoms with Gasteiger partial charge in [0.05, 0.1) is 13.2 Å². The maximum atomic E-state index is 12.1. The lowest BCUT2D eigenvalue weighted by Gasteiger charge is -2.24. The third-order valence-corrected chi connectivity index (χ3v) is 4.51. The van der Waals surface area contributed by atoms with Gasteiger partial charge in [-0.1, -0.05) is 25.1 Å². The van der Waals surface area contributed by atoms with E-state index in [2.05, 4.69) is 19.1 Å². The molecule has 2 rings (SSSR count). The number of carbonyl (C=O) groups is 1. The summed E-state index contributed by atoms with van der Waals surface area (Å²) < 4.78 is 5.06. The number of phenolic OH excluding ortho intramolecular Hbond substituents is 1. The van der Waals surface area contributed by atoms with Gasteiger partial charge in [-0.2, -0.15) is 0 Å². The van der Waals surface area contributed by atoms with E-state index in [1.54, 1.807) is 18.2 Å². The van der Waals surface area contributed by atoms with Gasteiger partial charge in [0.1, 0.15) is 5.78 Å². The smallest absolute Gasteiger partial charge is 0.160 e. The number of benzene rings is 1. The molecule has 126 valence electrons. The fourth-order valence-corrected chi connectivity index (χ4v) is 2.95. The van der Waals surface area contributed by atoms with Crippen LogP contribution < -0.4 is 4.74 Å². The monoisotopic (exact) mass is 318 g/mol. The van der Waals surface area contributed by atoms with Crippen LogP contribution in [0.2, 0.25) is 0 Å². The molecular formula is C19H26O4. The van der Waals surface area contributed by atoms with Crippen LogP contribution in [0.15, 0.2) is 30.4 Å². The summed E-state index contributed by atoms with van der Waals surface area (Å²) >= 11 is 0. The first-order chi connectivity index (χ1) is 11.0. The number of rotatable bonds is 7. The van der Waals surface area contributed by atoms with Crippen molar-refractivity contribution in [1.82, 2.24) is 0 Å². The van der Waals surface area contributed by atoms with Gasteiger partial charge in [-0.15, -0.1) is 0 Å². The number of aliphatic hydroxyl groups excluding tert-OH is 1. The first kappa shape index (κ1) is 17.5. The molecule has 0 unspecified atom stereocenters. The number of aliphatic hydroxyl groups is 1. The van der Waals surface area contributed by atoms with Gasteiger partial charge in [-0.25, -0.2) is 0 Å². The Morgan fingerprint density at radius 3 is 2.78 bits per heavy atom. The minimum absolute atomic E-state index is 0.0663. The second-order valence-electron chi connectivity index (χ2n) is 6.42. The van der Waals surface area contributed by atoms with Crippen molar-refractivity contribution in [1.29, 1.82) is 0 Å². The lowest BCUT2D eigenvalue weighted by atomic mass is 9.84. The van der Waals surface area contributed by atoms with Crippen LogP contribution >= 0.6 is 0 Å². The largest absolute Gasteiger partial charge is 0.504 e. The maximum absolute atomic E-state index is 12.1. The molecule has 0 aromatic heterocycles. The Balaban J connectivity index is 1.82. The molecule has 0 amide bonds. The minimum Gasteiger partial charge on any atom is -0.504 e. The van der Waals surface area contributed by atoms with Crippen molar-refractivity contribution >= 4 is 5.78 Å². The van der Waals surface area contributed by atoms with E-state index in [-0.39, 0.29) is 23.9 Å².